The molecule has 5 nitrogen and oxygen atoms in total. The summed E-state index contributed by atoms with van der Waals surface area (Å²) in [6.45, 7) is 5.70. The Morgan fingerprint density at radius 1 is 1.15 bits per heavy atom. The van der Waals surface area contributed by atoms with Crippen LogP contribution < -0.4 is 0 Å². The summed E-state index contributed by atoms with van der Waals surface area (Å²) in [5.41, 5.74) is 1.36. The highest BCUT2D eigenvalue weighted by molar-refractivity contribution is 5.90. The molecule has 1 amide bonds. The lowest BCUT2D eigenvalue weighted by Gasteiger charge is -2.33. The molecule has 1 aromatic heterocycles. The van der Waals surface area contributed by atoms with Gasteiger partial charge in [0.1, 0.15) is 0 Å². The highest BCUT2D eigenvalue weighted by atomic mass is 16.3. The van der Waals surface area contributed by atoms with Gasteiger partial charge in [-0.2, -0.15) is 5.10 Å². The average molecular weight is 363 g/mol. The molecule has 140 valence electrons. The third-order valence-electron chi connectivity index (χ3n) is 5.62. The van der Waals surface area contributed by atoms with E-state index in [1.165, 1.54) is 5.39 Å². The molecule has 3 aromatic rings. The maximum atomic E-state index is 13.5. The van der Waals surface area contributed by atoms with Crippen molar-refractivity contribution in [3.05, 3.63) is 66.0 Å². The van der Waals surface area contributed by atoms with Crippen LogP contribution in [0.4, 0.5) is 0 Å². The third kappa shape index (κ3) is 3.23. The molecule has 2 aromatic carbocycles. The summed E-state index contributed by atoms with van der Waals surface area (Å²) in [6.07, 6.45) is 1.76. The van der Waals surface area contributed by atoms with Gasteiger partial charge in [0.2, 0.25) is 5.91 Å². The van der Waals surface area contributed by atoms with Gasteiger partial charge in [-0.1, -0.05) is 42.5 Å². The van der Waals surface area contributed by atoms with E-state index in [2.05, 4.69) is 29.4 Å². The van der Waals surface area contributed by atoms with E-state index >= 15 is 0 Å². The Hall–Kier alpha value is -2.66. The van der Waals surface area contributed by atoms with Crippen LogP contribution in [0.1, 0.15) is 25.1 Å². The van der Waals surface area contributed by atoms with Gasteiger partial charge in [-0.15, -0.1) is 0 Å². The maximum Gasteiger partial charge on any atom is 0.233 e. The number of rotatable bonds is 3. The molecule has 0 spiro atoms. The van der Waals surface area contributed by atoms with Crippen molar-refractivity contribution in [3.8, 4) is 0 Å². The summed E-state index contributed by atoms with van der Waals surface area (Å²) >= 11 is 0. The van der Waals surface area contributed by atoms with Crippen molar-refractivity contribution >= 4 is 16.7 Å². The third-order valence-corrected chi connectivity index (χ3v) is 5.62. The van der Waals surface area contributed by atoms with Crippen LogP contribution in [-0.4, -0.2) is 38.8 Å². The second-order valence-corrected chi connectivity index (χ2v) is 7.93. The number of nitrogens with zero attached hydrogens (tertiary/aromatic N) is 3. The molecular weight excluding hydrogens is 338 g/mol. The monoisotopic (exact) mass is 363 g/mol. The van der Waals surface area contributed by atoms with Crippen LogP contribution in [0.3, 0.4) is 0 Å². The molecule has 0 radical (unpaired) electrons. The van der Waals surface area contributed by atoms with Crippen molar-refractivity contribution in [2.45, 2.75) is 32.4 Å². The van der Waals surface area contributed by atoms with Gasteiger partial charge in [0.05, 0.1) is 17.7 Å². The zero-order valence-corrected chi connectivity index (χ0v) is 15.8. The van der Waals surface area contributed by atoms with Crippen LogP contribution in [0.25, 0.3) is 10.8 Å². The second-order valence-electron chi connectivity index (χ2n) is 7.93. The first-order chi connectivity index (χ1) is 13.0. The number of aliphatic hydroxyl groups excluding tert-OH is 1. The van der Waals surface area contributed by atoms with Crippen LogP contribution in [0, 0.1) is 5.92 Å². The SMILES string of the molecule is CC(C)(C(=O)N1Cc2ccnn2CC(CO)C1)c1ccc2ccccc2c1. The first-order valence-electron chi connectivity index (χ1n) is 9.39. The summed E-state index contributed by atoms with van der Waals surface area (Å²) < 4.78 is 1.90. The van der Waals surface area contributed by atoms with Gasteiger partial charge in [0.15, 0.2) is 0 Å². The van der Waals surface area contributed by atoms with Gasteiger partial charge in [-0.3, -0.25) is 9.48 Å². The number of hydrogen-bond donors (Lipinski definition) is 1. The van der Waals surface area contributed by atoms with E-state index in [4.69, 9.17) is 0 Å². The smallest absolute Gasteiger partial charge is 0.233 e. The molecule has 0 bridgehead atoms. The molecule has 1 unspecified atom stereocenters. The number of hydrogen-bond acceptors (Lipinski definition) is 3. The summed E-state index contributed by atoms with van der Waals surface area (Å²) in [7, 11) is 0. The first-order valence-corrected chi connectivity index (χ1v) is 9.39. The zero-order valence-electron chi connectivity index (χ0n) is 15.8. The number of carbonyl (C=O) groups excluding carboxylic acids is 1. The maximum absolute atomic E-state index is 13.5. The van der Waals surface area contributed by atoms with Crippen molar-refractivity contribution in [1.29, 1.82) is 0 Å². The van der Waals surface area contributed by atoms with Crippen LogP contribution in [-0.2, 0) is 23.3 Å². The van der Waals surface area contributed by atoms with Gasteiger partial charge >= 0.3 is 0 Å². The van der Waals surface area contributed by atoms with Gasteiger partial charge in [0.25, 0.3) is 0 Å². The van der Waals surface area contributed by atoms with Crippen molar-refractivity contribution in [3.63, 3.8) is 0 Å². The Kier molecular flexibility index (Phi) is 4.48. The molecule has 0 fully saturated rings. The van der Waals surface area contributed by atoms with Gasteiger partial charge in [0, 0.05) is 31.8 Å². The fraction of sp³-hybridized carbons (Fsp3) is 0.364. The van der Waals surface area contributed by atoms with Gasteiger partial charge in [-0.05, 0) is 36.2 Å². The molecule has 2 heterocycles. The van der Waals surface area contributed by atoms with E-state index in [0.717, 1.165) is 16.6 Å². The molecule has 5 heteroatoms. The number of carbonyl (C=O) groups is 1. The Balaban J connectivity index is 1.66. The van der Waals surface area contributed by atoms with Gasteiger partial charge in [-0.25, -0.2) is 0 Å². The fourth-order valence-electron chi connectivity index (χ4n) is 3.90. The predicted octanol–water partition coefficient (Wildman–Crippen LogP) is 2.96. The lowest BCUT2D eigenvalue weighted by Crippen LogP contribution is -2.45. The lowest BCUT2D eigenvalue weighted by atomic mass is 9.82. The Morgan fingerprint density at radius 3 is 2.70 bits per heavy atom. The first kappa shape index (κ1) is 17.7. The minimum Gasteiger partial charge on any atom is -0.396 e. The highest BCUT2D eigenvalue weighted by Gasteiger charge is 2.36. The number of aromatic nitrogens is 2. The fourth-order valence-corrected chi connectivity index (χ4v) is 3.90. The van der Waals surface area contributed by atoms with Gasteiger partial charge < -0.3 is 10.0 Å². The highest BCUT2D eigenvalue weighted by Crippen LogP contribution is 2.30. The molecule has 0 saturated carbocycles. The van der Waals surface area contributed by atoms with Crippen LogP contribution in [0.15, 0.2) is 54.7 Å². The minimum absolute atomic E-state index is 0.0116. The molecule has 4 rings (SSSR count). The molecular formula is C22H25N3O2. The topological polar surface area (TPSA) is 58.4 Å². The van der Waals surface area contributed by atoms with Crippen LogP contribution >= 0.6 is 0 Å². The quantitative estimate of drug-likeness (QED) is 0.778. The summed E-state index contributed by atoms with van der Waals surface area (Å²) in [6, 6.07) is 16.4. The van der Waals surface area contributed by atoms with E-state index in [9.17, 15) is 9.90 Å². The van der Waals surface area contributed by atoms with Crippen LogP contribution in [0.2, 0.25) is 0 Å². The van der Waals surface area contributed by atoms with Crippen molar-refractivity contribution < 1.29 is 9.90 Å². The number of amides is 1. The van der Waals surface area contributed by atoms with E-state index in [1.54, 1.807) is 6.20 Å². The second kappa shape index (κ2) is 6.82. The molecule has 0 aliphatic carbocycles. The molecule has 27 heavy (non-hydrogen) atoms. The molecule has 1 aliphatic rings. The predicted molar refractivity (Wildman–Crippen MR) is 105 cm³/mol. The zero-order chi connectivity index (χ0) is 19.0. The van der Waals surface area contributed by atoms with Crippen molar-refractivity contribution in [1.82, 2.24) is 14.7 Å². The van der Waals surface area contributed by atoms with E-state index in [1.807, 2.05) is 47.7 Å². The summed E-state index contributed by atoms with van der Waals surface area (Å²) in [5.74, 6) is 0.0633. The Morgan fingerprint density at radius 2 is 1.93 bits per heavy atom. The van der Waals surface area contributed by atoms with Crippen molar-refractivity contribution in [2.24, 2.45) is 5.92 Å². The number of aliphatic hydroxyl groups is 1. The average Bonchev–Trinajstić information content (AvgIpc) is 3.04. The molecule has 1 atom stereocenters. The van der Waals surface area contributed by atoms with E-state index in [0.29, 0.717) is 19.6 Å². The van der Waals surface area contributed by atoms with Crippen LogP contribution in [0.5, 0.6) is 0 Å². The minimum atomic E-state index is -0.654. The molecule has 1 N–H and O–H groups in total. The summed E-state index contributed by atoms with van der Waals surface area (Å²) in [5, 5.41) is 16.4. The largest absolute Gasteiger partial charge is 0.396 e. The lowest BCUT2D eigenvalue weighted by molar-refractivity contribution is -0.137. The number of benzene rings is 2. The summed E-state index contributed by atoms with van der Waals surface area (Å²) in [4.78, 5) is 15.4. The normalized spacial score (nSPS) is 17.6. The number of fused-ring (bicyclic) bond motifs is 2. The Bertz CT molecular complexity index is 976. The molecule has 0 saturated heterocycles. The van der Waals surface area contributed by atoms with E-state index in [-0.39, 0.29) is 18.4 Å². The molecule has 1 aliphatic heterocycles. The van der Waals surface area contributed by atoms with E-state index < -0.39 is 5.41 Å². The van der Waals surface area contributed by atoms with Crippen molar-refractivity contribution in [2.75, 3.05) is 13.2 Å². The standard InChI is InChI=1S/C22H25N3O2/c1-22(2,19-8-7-17-5-3-4-6-18(17)11-19)21(27)24-12-16(15-26)13-25-20(14-24)9-10-23-25/h3-11,16,26H,12-15H2,1-2H3. The Labute approximate surface area is 159 Å².